The summed E-state index contributed by atoms with van der Waals surface area (Å²) in [5.41, 5.74) is 0. The molecule has 7 heteroatoms. The quantitative estimate of drug-likeness (QED) is 0.752. The number of rotatable bonds is 7. The van der Waals surface area contributed by atoms with Crippen LogP contribution in [0, 0.1) is 0 Å². The van der Waals surface area contributed by atoms with Gasteiger partial charge < -0.3 is 15.1 Å². The molecule has 5 nitrogen and oxygen atoms in total. The number of carbonyl (C=O) groups excluding carboxylic acids is 2. The van der Waals surface area contributed by atoms with Gasteiger partial charge in [-0.3, -0.25) is 9.59 Å². The summed E-state index contributed by atoms with van der Waals surface area (Å²) in [6, 6.07) is 10.8. The summed E-state index contributed by atoms with van der Waals surface area (Å²) in [5.74, 6) is 0.167. The summed E-state index contributed by atoms with van der Waals surface area (Å²) in [6.45, 7) is 1.99. The Hall–Kier alpha value is -1.92. The van der Waals surface area contributed by atoms with Crippen LogP contribution in [0.1, 0.15) is 12.7 Å². The monoisotopic (exact) mass is 352 g/mol. The largest absolute Gasteiger partial charge is 0.467 e. The zero-order valence-electron chi connectivity index (χ0n) is 12.5. The lowest BCUT2D eigenvalue weighted by Gasteiger charge is -2.12. The minimum absolute atomic E-state index is 0.0764. The molecule has 1 heterocycles. The van der Waals surface area contributed by atoms with Crippen LogP contribution in [-0.4, -0.2) is 23.6 Å². The van der Waals surface area contributed by atoms with Crippen molar-refractivity contribution in [3.8, 4) is 0 Å². The molecular weight excluding hydrogens is 336 g/mol. The lowest BCUT2D eigenvalue weighted by molar-refractivity contribution is -0.125. The first-order valence-corrected chi connectivity index (χ1v) is 8.30. The fourth-order valence-corrected chi connectivity index (χ4v) is 2.94. The van der Waals surface area contributed by atoms with Gasteiger partial charge in [0.05, 0.1) is 29.6 Å². The third kappa shape index (κ3) is 5.65. The van der Waals surface area contributed by atoms with Crippen molar-refractivity contribution in [1.82, 2.24) is 10.6 Å². The van der Waals surface area contributed by atoms with Crippen LogP contribution in [0.4, 0.5) is 0 Å². The van der Waals surface area contributed by atoms with E-state index in [4.69, 9.17) is 16.0 Å². The Bertz CT molecular complexity index is 661. The van der Waals surface area contributed by atoms with Gasteiger partial charge in [-0.2, -0.15) is 0 Å². The molecule has 0 aliphatic heterocycles. The predicted molar refractivity (Wildman–Crippen MR) is 90.3 cm³/mol. The van der Waals surface area contributed by atoms with Crippen LogP contribution in [0.2, 0.25) is 5.02 Å². The van der Waals surface area contributed by atoms with E-state index in [-0.39, 0.29) is 23.6 Å². The molecule has 0 saturated carbocycles. The molecule has 1 unspecified atom stereocenters. The van der Waals surface area contributed by atoms with Gasteiger partial charge in [-0.1, -0.05) is 23.7 Å². The second kappa shape index (κ2) is 8.64. The summed E-state index contributed by atoms with van der Waals surface area (Å²) < 4.78 is 5.11. The summed E-state index contributed by atoms with van der Waals surface area (Å²) in [4.78, 5) is 24.5. The zero-order valence-corrected chi connectivity index (χ0v) is 14.1. The third-order valence-electron chi connectivity index (χ3n) is 2.97. The standard InChI is InChI=1S/C16H17ClN2O3S/c1-11(23-14-7-3-2-6-13(14)17)16(21)19-10-15(20)18-9-12-5-4-8-22-12/h2-8,11H,9-10H2,1H3,(H,18,20)(H,19,21). The van der Waals surface area contributed by atoms with E-state index in [1.165, 1.54) is 18.0 Å². The van der Waals surface area contributed by atoms with Crippen LogP contribution in [0.5, 0.6) is 0 Å². The van der Waals surface area contributed by atoms with Crippen LogP contribution in [0.3, 0.4) is 0 Å². The molecule has 0 bridgehead atoms. The van der Waals surface area contributed by atoms with E-state index in [9.17, 15) is 9.59 Å². The van der Waals surface area contributed by atoms with E-state index < -0.39 is 0 Å². The van der Waals surface area contributed by atoms with Crippen molar-refractivity contribution in [2.75, 3.05) is 6.54 Å². The molecule has 1 aromatic carbocycles. The molecule has 122 valence electrons. The predicted octanol–water partition coefficient (Wildman–Crippen LogP) is 2.85. The van der Waals surface area contributed by atoms with Gasteiger partial charge in [0.1, 0.15) is 5.76 Å². The number of halogens is 1. The number of hydrogen-bond donors (Lipinski definition) is 2. The number of nitrogens with one attached hydrogen (secondary N) is 2. The van der Waals surface area contributed by atoms with E-state index in [0.717, 1.165) is 4.90 Å². The zero-order chi connectivity index (χ0) is 16.7. The van der Waals surface area contributed by atoms with E-state index >= 15 is 0 Å². The molecule has 0 radical (unpaired) electrons. The molecule has 2 amide bonds. The van der Waals surface area contributed by atoms with E-state index in [1.807, 2.05) is 18.2 Å². The Morgan fingerprint density at radius 2 is 2.00 bits per heavy atom. The maximum Gasteiger partial charge on any atom is 0.239 e. The minimum atomic E-state index is -0.354. The van der Waals surface area contributed by atoms with Crippen molar-refractivity contribution in [2.45, 2.75) is 23.6 Å². The first-order valence-electron chi connectivity index (χ1n) is 7.04. The Morgan fingerprint density at radius 1 is 1.22 bits per heavy atom. The van der Waals surface area contributed by atoms with E-state index in [0.29, 0.717) is 17.3 Å². The number of furan rings is 1. The van der Waals surface area contributed by atoms with Crippen molar-refractivity contribution in [3.05, 3.63) is 53.4 Å². The number of benzene rings is 1. The van der Waals surface area contributed by atoms with Gasteiger partial charge in [-0.25, -0.2) is 0 Å². The molecule has 1 atom stereocenters. The van der Waals surface area contributed by atoms with Crippen LogP contribution >= 0.6 is 23.4 Å². The summed E-state index contributed by atoms with van der Waals surface area (Å²) in [5, 5.41) is 5.52. The molecule has 23 heavy (non-hydrogen) atoms. The van der Waals surface area contributed by atoms with Crippen LogP contribution < -0.4 is 10.6 Å². The fraction of sp³-hybridized carbons (Fsp3) is 0.250. The highest BCUT2D eigenvalue weighted by Gasteiger charge is 2.16. The number of hydrogen-bond acceptors (Lipinski definition) is 4. The van der Waals surface area contributed by atoms with Crippen molar-refractivity contribution >= 4 is 35.2 Å². The number of amides is 2. The molecule has 1 aromatic heterocycles. The van der Waals surface area contributed by atoms with Gasteiger partial charge in [0.15, 0.2) is 0 Å². The van der Waals surface area contributed by atoms with Gasteiger partial charge in [0.2, 0.25) is 11.8 Å². The highest BCUT2D eigenvalue weighted by atomic mass is 35.5. The lowest BCUT2D eigenvalue weighted by atomic mass is 10.4. The molecule has 2 aromatic rings. The molecule has 0 aliphatic carbocycles. The molecule has 0 spiro atoms. The Kier molecular flexibility index (Phi) is 6.55. The average Bonchev–Trinajstić information content (AvgIpc) is 3.06. The SMILES string of the molecule is CC(Sc1ccccc1Cl)C(=O)NCC(=O)NCc1ccco1. The van der Waals surface area contributed by atoms with Gasteiger partial charge in [-0.05, 0) is 31.2 Å². The summed E-state index contributed by atoms with van der Waals surface area (Å²) >= 11 is 7.42. The average molecular weight is 353 g/mol. The van der Waals surface area contributed by atoms with Crippen molar-refractivity contribution in [1.29, 1.82) is 0 Å². The minimum Gasteiger partial charge on any atom is -0.467 e. The highest BCUT2D eigenvalue weighted by Crippen LogP contribution is 2.29. The van der Waals surface area contributed by atoms with Gasteiger partial charge in [0.25, 0.3) is 0 Å². The molecule has 0 saturated heterocycles. The van der Waals surface area contributed by atoms with Crippen molar-refractivity contribution in [2.24, 2.45) is 0 Å². The molecular formula is C16H17ClN2O3S. The number of carbonyl (C=O) groups is 2. The topological polar surface area (TPSA) is 71.3 Å². The van der Waals surface area contributed by atoms with E-state index in [2.05, 4.69) is 10.6 Å². The molecule has 2 N–H and O–H groups in total. The second-order valence-corrected chi connectivity index (χ2v) is 6.55. The first kappa shape index (κ1) is 17.4. The maximum absolute atomic E-state index is 12.0. The fourth-order valence-electron chi connectivity index (χ4n) is 1.76. The van der Waals surface area contributed by atoms with Gasteiger partial charge in [-0.15, -0.1) is 11.8 Å². The second-order valence-electron chi connectivity index (χ2n) is 4.76. The summed E-state index contributed by atoms with van der Waals surface area (Å²) in [6.07, 6.45) is 1.54. The van der Waals surface area contributed by atoms with Gasteiger partial charge in [0, 0.05) is 4.90 Å². The van der Waals surface area contributed by atoms with Crippen molar-refractivity contribution < 1.29 is 14.0 Å². The summed E-state index contributed by atoms with van der Waals surface area (Å²) in [7, 11) is 0. The molecule has 0 aliphatic rings. The first-order chi connectivity index (χ1) is 11.1. The Labute approximate surface area is 143 Å². The molecule has 0 fully saturated rings. The van der Waals surface area contributed by atoms with Crippen LogP contribution in [0.25, 0.3) is 0 Å². The smallest absolute Gasteiger partial charge is 0.239 e. The highest BCUT2D eigenvalue weighted by molar-refractivity contribution is 8.00. The molecule has 2 rings (SSSR count). The Morgan fingerprint density at radius 3 is 2.70 bits per heavy atom. The van der Waals surface area contributed by atoms with E-state index in [1.54, 1.807) is 25.1 Å². The van der Waals surface area contributed by atoms with Crippen LogP contribution in [-0.2, 0) is 16.1 Å². The van der Waals surface area contributed by atoms with Crippen LogP contribution in [0.15, 0.2) is 52.0 Å². The third-order valence-corrected chi connectivity index (χ3v) is 4.59. The van der Waals surface area contributed by atoms with Gasteiger partial charge >= 0.3 is 0 Å². The Balaban J connectivity index is 1.73. The lowest BCUT2D eigenvalue weighted by Crippen LogP contribution is -2.39. The maximum atomic E-state index is 12.0. The number of thioether (sulfide) groups is 1. The normalized spacial score (nSPS) is 11.7. The van der Waals surface area contributed by atoms with Crippen molar-refractivity contribution in [3.63, 3.8) is 0 Å².